The zero-order valence-electron chi connectivity index (χ0n) is 4.88. The molecule has 0 saturated carbocycles. The minimum atomic E-state index is -5.54. The number of halogens is 5. The summed E-state index contributed by atoms with van der Waals surface area (Å²) in [6.07, 6.45) is -8.68. The van der Waals surface area contributed by atoms with Gasteiger partial charge in [0.2, 0.25) is 0 Å². The summed E-state index contributed by atoms with van der Waals surface area (Å²) < 4.78 is 57.2. The van der Waals surface area contributed by atoms with Crippen LogP contribution < -0.4 is 0 Å². The summed E-state index contributed by atoms with van der Waals surface area (Å²) in [4.78, 5) is 0. The zero-order valence-corrected chi connectivity index (χ0v) is 4.88. The van der Waals surface area contributed by atoms with E-state index in [1.807, 2.05) is 0 Å². The van der Waals surface area contributed by atoms with Crippen LogP contribution in [-0.2, 0) is 5.11 Å². The second-order valence-corrected chi connectivity index (χ2v) is 1.76. The Bertz CT molecular complexity index is 115. The quantitative estimate of drug-likeness (QED) is 0.555. The molecule has 61 valence electrons. The van der Waals surface area contributed by atoms with Crippen molar-refractivity contribution in [1.82, 2.24) is 0 Å². The van der Waals surface area contributed by atoms with Gasteiger partial charge in [-0.25, -0.2) is 4.39 Å². The highest BCUT2D eigenvalue weighted by atomic mass is 19.3. The van der Waals surface area contributed by atoms with Crippen molar-refractivity contribution in [3.8, 4) is 0 Å². The Morgan fingerprint density at radius 1 is 1.20 bits per heavy atom. The van der Waals surface area contributed by atoms with Gasteiger partial charge in [-0.05, 0) is 6.92 Å². The molecular formula is C4H4F5O. The lowest BCUT2D eigenvalue weighted by Gasteiger charge is -2.20. The van der Waals surface area contributed by atoms with Gasteiger partial charge in [0.1, 0.15) is 0 Å². The molecule has 0 aromatic carbocycles. The summed E-state index contributed by atoms with van der Waals surface area (Å²) in [5.74, 6) is -5.12. The van der Waals surface area contributed by atoms with E-state index in [9.17, 15) is 27.1 Å². The fraction of sp³-hybridized carbons (Fsp3) is 1.00. The molecule has 0 bridgehead atoms. The number of alkyl halides is 5. The van der Waals surface area contributed by atoms with E-state index >= 15 is 0 Å². The van der Waals surface area contributed by atoms with Crippen LogP contribution in [-0.4, -0.2) is 18.2 Å². The van der Waals surface area contributed by atoms with Crippen molar-refractivity contribution < 1.29 is 27.1 Å². The smallest absolute Gasteiger partial charge is 0.241 e. The SMILES string of the molecule is CC(F)C(F)(F)C([O])(F)F. The van der Waals surface area contributed by atoms with Gasteiger partial charge in [0.05, 0.1) is 0 Å². The first-order valence-corrected chi connectivity index (χ1v) is 2.29. The van der Waals surface area contributed by atoms with Crippen molar-refractivity contribution in [2.45, 2.75) is 25.1 Å². The molecule has 0 aromatic heterocycles. The first-order valence-electron chi connectivity index (χ1n) is 2.29. The molecule has 6 heteroatoms. The molecule has 0 aliphatic heterocycles. The molecule has 0 amide bonds. The van der Waals surface area contributed by atoms with Gasteiger partial charge >= 0.3 is 12.0 Å². The third kappa shape index (κ3) is 1.56. The average Bonchev–Trinajstić information content (AvgIpc) is 1.62. The molecule has 1 radical (unpaired) electrons. The largest absolute Gasteiger partial charge is 0.448 e. The first kappa shape index (κ1) is 9.61. The van der Waals surface area contributed by atoms with Crippen LogP contribution >= 0.6 is 0 Å². The minimum absolute atomic E-state index is 0.200. The highest BCUT2D eigenvalue weighted by Crippen LogP contribution is 2.36. The van der Waals surface area contributed by atoms with Crippen LogP contribution in [0.4, 0.5) is 22.0 Å². The molecule has 0 heterocycles. The third-order valence-electron chi connectivity index (χ3n) is 0.888. The summed E-state index contributed by atoms with van der Waals surface area (Å²) >= 11 is 0. The van der Waals surface area contributed by atoms with Gasteiger partial charge in [-0.3, -0.25) is 0 Å². The Hall–Kier alpha value is -0.390. The van der Waals surface area contributed by atoms with Crippen molar-refractivity contribution in [3.63, 3.8) is 0 Å². The highest BCUT2D eigenvalue weighted by molar-refractivity contribution is 4.80. The minimum Gasteiger partial charge on any atom is -0.241 e. The Kier molecular flexibility index (Phi) is 2.24. The molecular weight excluding hydrogens is 159 g/mol. The second-order valence-electron chi connectivity index (χ2n) is 1.76. The Balaban J connectivity index is 4.40. The Morgan fingerprint density at radius 2 is 1.50 bits per heavy atom. The van der Waals surface area contributed by atoms with Crippen LogP contribution in [0.2, 0.25) is 0 Å². The van der Waals surface area contributed by atoms with E-state index in [-0.39, 0.29) is 6.92 Å². The Labute approximate surface area is 53.5 Å². The van der Waals surface area contributed by atoms with Crippen molar-refractivity contribution in [1.29, 1.82) is 0 Å². The zero-order chi connectivity index (χ0) is 8.58. The number of hydrogen-bond donors (Lipinski definition) is 0. The van der Waals surface area contributed by atoms with Gasteiger partial charge in [-0.2, -0.15) is 22.7 Å². The molecule has 10 heavy (non-hydrogen) atoms. The lowest BCUT2D eigenvalue weighted by atomic mass is 10.2. The van der Waals surface area contributed by atoms with E-state index in [0.717, 1.165) is 0 Å². The van der Waals surface area contributed by atoms with Crippen LogP contribution in [0.3, 0.4) is 0 Å². The maximum atomic E-state index is 11.6. The van der Waals surface area contributed by atoms with Crippen LogP contribution in [0.25, 0.3) is 0 Å². The predicted octanol–water partition coefficient (Wildman–Crippen LogP) is 2.00. The van der Waals surface area contributed by atoms with Gasteiger partial charge < -0.3 is 0 Å². The second kappa shape index (κ2) is 2.34. The van der Waals surface area contributed by atoms with Gasteiger partial charge in [-0.15, -0.1) is 0 Å². The first-order chi connectivity index (χ1) is 4.19. The van der Waals surface area contributed by atoms with Crippen LogP contribution in [0.1, 0.15) is 6.92 Å². The molecule has 0 N–H and O–H groups in total. The molecule has 0 spiro atoms. The summed E-state index contributed by atoms with van der Waals surface area (Å²) in [6.45, 7) is 0.200. The Morgan fingerprint density at radius 3 is 1.50 bits per heavy atom. The summed E-state index contributed by atoms with van der Waals surface area (Å²) in [5.41, 5.74) is 0. The average molecular weight is 163 g/mol. The maximum absolute atomic E-state index is 11.6. The van der Waals surface area contributed by atoms with E-state index in [0.29, 0.717) is 0 Å². The van der Waals surface area contributed by atoms with E-state index in [1.165, 1.54) is 0 Å². The monoisotopic (exact) mass is 163 g/mol. The van der Waals surface area contributed by atoms with Crippen molar-refractivity contribution in [2.24, 2.45) is 0 Å². The van der Waals surface area contributed by atoms with Crippen LogP contribution in [0.5, 0.6) is 0 Å². The molecule has 0 aromatic rings. The van der Waals surface area contributed by atoms with Gasteiger partial charge in [0.25, 0.3) is 0 Å². The van der Waals surface area contributed by atoms with Crippen molar-refractivity contribution in [2.75, 3.05) is 0 Å². The molecule has 0 saturated heterocycles. The molecule has 0 aliphatic carbocycles. The maximum Gasteiger partial charge on any atom is 0.448 e. The number of hydrogen-bond acceptors (Lipinski definition) is 0. The summed E-state index contributed by atoms with van der Waals surface area (Å²) in [7, 11) is 0. The summed E-state index contributed by atoms with van der Waals surface area (Å²) in [6, 6.07) is 0. The molecule has 1 atom stereocenters. The molecule has 0 rings (SSSR count). The van der Waals surface area contributed by atoms with Crippen molar-refractivity contribution >= 4 is 0 Å². The standard InChI is InChI=1S/C4H4F5O/c1-2(5)3(6,7)4(8,9)10/h2H,1H3. The van der Waals surface area contributed by atoms with E-state index in [1.54, 1.807) is 0 Å². The molecule has 0 fully saturated rings. The predicted molar refractivity (Wildman–Crippen MR) is 21.2 cm³/mol. The fourth-order valence-corrected chi connectivity index (χ4v) is 0.232. The topological polar surface area (TPSA) is 19.9 Å². The van der Waals surface area contributed by atoms with Gasteiger partial charge in [0.15, 0.2) is 6.17 Å². The lowest BCUT2D eigenvalue weighted by molar-refractivity contribution is -0.366. The van der Waals surface area contributed by atoms with Gasteiger partial charge in [-0.1, -0.05) is 0 Å². The van der Waals surface area contributed by atoms with E-state index in [2.05, 4.69) is 0 Å². The molecule has 1 unspecified atom stereocenters. The van der Waals surface area contributed by atoms with Crippen molar-refractivity contribution in [3.05, 3.63) is 0 Å². The number of rotatable bonds is 2. The normalized spacial score (nSPS) is 17.1. The summed E-state index contributed by atoms with van der Waals surface area (Å²) in [5, 5.41) is 9.24. The lowest BCUT2D eigenvalue weighted by Crippen LogP contribution is -2.45. The third-order valence-corrected chi connectivity index (χ3v) is 0.888. The fourth-order valence-electron chi connectivity index (χ4n) is 0.232. The van der Waals surface area contributed by atoms with Crippen LogP contribution in [0.15, 0.2) is 0 Å². The van der Waals surface area contributed by atoms with Crippen LogP contribution in [0, 0.1) is 0 Å². The van der Waals surface area contributed by atoms with E-state index < -0.39 is 18.2 Å². The van der Waals surface area contributed by atoms with Gasteiger partial charge in [0, 0.05) is 0 Å². The van der Waals surface area contributed by atoms with E-state index in [4.69, 9.17) is 0 Å². The molecule has 1 nitrogen and oxygen atoms in total. The highest BCUT2D eigenvalue weighted by Gasteiger charge is 2.61. The molecule has 0 aliphatic rings.